The van der Waals surface area contributed by atoms with Gasteiger partial charge in [0.25, 0.3) is 11.8 Å². The lowest BCUT2D eigenvalue weighted by Crippen LogP contribution is -2.71. The number of nitrogens with zero attached hydrogens (tertiary/aromatic N) is 4. The average molecular weight is 561 g/mol. The minimum atomic E-state index is -1.48. The molecule has 0 bridgehead atoms. The topological polar surface area (TPSA) is 157 Å². The van der Waals surface area contributed by atoms with Gasteiger partial charge in [-0.15, -0.1) is 18.2 Å². The van der Waals surface area contributed by atoms with E-state index in [1.54, 1.807) is 29.1 Å². The zero-order valence-electron chi connectivity index (χ0n) is 18.8. The van der Waals surface area contributed by atoms with E-state index in [0.717, 1.165) is 16.2 Å². The van der Waals surface area contributed by atoms with Crippen molar-refractivity contribution in [3.8, 4) is 12.3 Å². The van der Waals surface area contributed by atoms with Crippen molar-refractivity contribution in [3.63, 3.8) is 0 Å². The molecule has 37 heavy (non-hydrogen) atoms. The lowest BCUT2D eigenvalue weighted by Gasteiger charge is -2.50. The molecule has 4 rings (SSSR count). The molecule has 2 aliphatic heterocycles. The minimum absolute atomic E-state index is 0.0291. The number of carbonyl (C=O) groups excluding carboxylic acids is 4. The summed E-state index contributed by atoms with van der Waals surface area (Å²) >= 11 is 8.36. The first-order valence-corrected chi connectivity index (χ1v) is 12.7. The molecule has 2 aromatic heterocycles. The lowest BCUT2D eigenvalue weighted by molar-refractivity contribution is -0.689. The summed E-state index contributed by atoms with van der Waals surface area (Å²) in [6, 6.07) is 4.38. The molecule has 0 saturated carbocycles. The van der Waals surface area contributed by atoms with Crippen LogP contribution in [0.1, 0.15) is 5.69 Å². The normalized spacial score (nSPS) is 18.9. The number of β-lactam (4-membered cyclic amide) rings is 1. The first-order valence-electron chi connectivity index (χ1n) is 10.5. The highest BCUT2D eigenvalue weighted by Crippen LogP contribution is 2.40. The quantitative estimate of drug-likeness (QED) is 0.0720. The van der Waals surface area contributed by atoms with Crippen molar-refractivity contribution in [2.75, 3.05) is 17.7 Å². The fourth-order valence-electron chi connectivity index (χ4n) is 3.65. The van der Waals surface area contributed by atoms with E-state index < -0.39 is 29.2 Å². The Bertz CT molecular complexity index is 1360. The van der Waals surface area contributed by atoms with E-state index in [2.05, 4.69) is 26.7 Å². The number of oxime groups is 1. The van der Waals surface area contributed by atoms with E-state index in [1.807, 2.05) is 6.07 Å². The fourth-order valence-corrected chi connectivity index (χ4v) is 5.99. The molecule has 0 aromatic carbocycles. The number of carboxylic acids is 1. The highest BCUT2D eigenvalue weighted by atomic mass is 35.5. The number of halogens is 1. The molecule has 12 nitrogen and oxygen atoms in total. The Morgan fingerprint density at radius 2 is 2.16 bits per heavy atom. The van der Waals surface area contributed by atoms with Gasteiger partial charge in [-0.25, -0.2) is 9.55 Å². The maximum Gasteiger partial charge on any atom is 0.276 e. The number of amides is 3. The summed E-state index contributed by atoms with van der Waals surface area (Å²) in [7, 11) is 0. The van der Waals surface area contributed by atoms with Gasteiger partial charge < -0.3 is 25.4 Å². The number of hydrogen-bond donors (Lipinski definition) is 2. The minimum Gasteiger partial charge on any atom is -0.543 e. The Hall–Kier alpha value is -3.93. The predicted molar refractivity (Wildman–Crippen MR) is 132 cm³/mol. The monoisotopic (exact) mass is 560 g/mol. The van der Waals surface area contributed by atoms with Crippen LogP contribution in [0.5, 0.6) is 0 Å². The molecule has 3 amide bonds. The first-order chi connectivity index (χ1) is 17.8. The zero-order chi connectivity index (χ0) is 26.5. The fraction of sp³-hybridized carbons (Fsp3) is 0.227. The van der Waals surface area contributed by atoms with Crippen LogP contribution in [0, 0.1) is 12.3 Å². The van der Waals surface area contributed by atoms with Crippen LogP contribution in [-0.2, 0) is 30.6 Å². The van der Waals surface area contributed by atoms with E-state index >= 15 is 0 Å². The molecule has 2 aliphatic rings. The number of nitrogens with one attached hydrogen (secondary N) is 2. The van der Waals surface area contributed by atoms with Gasteiger partial charge in [0.05, 0.1) is 11.7 Å². The van der Waals surface area contributed by atoms with Crippen molar-refractivity contribution in [2.45, 2.75) is 18.0 Å². The van der Waals surface area contributed by atoms with Crippen LogP contribution in [-0.4, -0.2) is 63.6 Å². The molecule has 4 heterocycles. The number of rotatable bonds is 10. The van der Waals surface area contributed by atoms with Gasteiger partial charge in [0.15, 0.2) is 36.4 Å². The first kappa shape index (κ1) is 26.1. The predicted octanol–water partition coefficient (Wildman–Crippen LogP) is -0.890. The van der Waals surface area contributed by atoms with Crippen molar-refractivity contribution in [1.82, 2.24) is 15.2 Å². The average Bonchev–Trinajstić information content (AvgIpc) is 3.24. The summed E-state index contributed by atoms with van der Waals surface area (Å²) in [6.45, 7) is 0.00203. The van der Waals surface area contributed by atoms with Gasteiger partial charge in [0.2, 0.25) is 6.41 Å². The Labute approximate surface area is 223 Å². The van der Waals surface area contributed by atoms with Gasteiger partial charge in [0.1, 0.15) is 21.4 Å². The molecular formula is C22H17ClN6O6S2. The third kappa shape index (κ3) is 5.43. The van der Waals surface area contributed by atoms with Gasteiger partial charge >= 0.3 is 0 Å². The maximum absolute atomic E-state index is 13.1. The Morgan fingerprint density at radius 1 is 1.41 bits per heavy atom. The summed E-state index contributed by atoms with van der Waals surface area (Å²) in [4.78, 5) is 58.9. The summed E-state index contributed by atoms with van der Waals surface area (Å²) in [6.07, 6.45) is 9.10. The van der Waals surface area contributed by atoms with Crippen molar-refractivity contribution in [2.24, 2.45) is 5.16 Å². The number of thiazole rings is 1. The number of pyridine rings is 1. The van der Waals surface area contributed by atoms with Crippen LogP contribution in [0.3, 0.4) is 0 Å². The second kappa shape index (κ2) is 11.4. The molecule has 2 N–H and O–H groups in total. The number of anilines is 1. The highest BCUT2D eigenvalue weighted by molar-refractivity contribution is 8.00. The van der Waals surface area contributed by atoms with Gasteiger partial charge in [0, 0.05) is 23.5 Å². The number of aromatic nitrogens is 2. The van der Waals surface area contributed by atoms with Gasteiger partial charge in [-0.2, -0.15) is 0 Å². The highest BCUT2D eigenvalue weighted by Gasteiger charge is 2.53. The Morgan fingerprint density at radius 3 is 2.84 bits per heavy atom. The lowest BCUT2D eigenvalue weighted by atomic mass is 10.0. The number of carboxylic acid groups (broad SMARTS) is 1. The van der Waals surface area contributed by atoms with Crippen molar-refractivity contribution in [3.05, 3.63) is 51.9 Å². The molecule has 1 unspecified atom stereocenters. The molecule has 0 aliphatic carbocycles. The second-order valence-electron chi connectivity index (χ2n) is 7.47. The third-order valence-corrected chi connectivity index (χ3v) is 7.71. The number of fused-ring (bicyclic) bond motifs is 1. The van der Waals surface area contributed by atoms with Crippen molar-refractivity contribution >= 4 is 69.7 Å². The van der Waals surface area contributed by atoms with Crippen LogP contribution in [0.15, 0.2) is 47.0 Å². The molecule has 2 aromatic rings. The van der Waals surface area contributed by atoms with Crippen LogP contribution >= 0.6 is 34.7 Å². The molecule has 2 atom stereocenters. The Balaban J connectivity index is 1.55. The third-order valence-electron chi connectivity index (χ3n) is 5.19. The maximum atomic E-state index is 13.1. The molecule has 0 spiro atoms. The number of thioether (sulfide) groups is 1. The summed E-state index contributed by atoms with van der Waals surface area (Å²) < 4.78 is 1.81. The van der Waals surface area contributed by atoms with E-state index in [1.165, 1.54) is 11.8 Å². The van der Waals surface area contributed by atoms with Crippen molar-refractivity contribution < 1.29 is 33.7 Å². The van der Waals surface area contributed by atoms with Crippen LogP contribution < -0.4 is 20.3 Å². The molecule has 0 radical (unpaired) electrons. The molecule has 15 heteroatoms. The van der Waals surface area contributed by atoms with E-state index in [0.29, 0.717) is 17.7 Å². The molecular weight excluding hydrogens is 544 g/mol. The standard InChI is InChI=1S/C22H17ClN6O6S2/c1-2-8-35-27-14(13-17(23)37-22(26-13)24-11-30)18(31)25-15-19(32)29-16(21(33)34)12(10-36-20(15)29)9-28-6-4-3-5-7-28/h1,3-7,11,15,20H,8-10H2,(H2-,24,25,26,30,31,33,34)/t15?,20-/m1/s1. The second-order valence-corrected chi connectivity index (χ2v) is 10.2. The largest absolute Gasteiger partial charge is 0.543 e. The van der Waals surface area contributed by atoms with E-state index in [9.17, 15) is 24.3 Å². The van der Waals surface area contributed by atoms with Crippen LogP contribution in [0.2, 0.25) is 4.34 Å². The zero-order valence-corrected chi connectivity index (χ0v) is 21.1. The number of terminal acetylenes is 1. The molecule has 190 valence electrons. The SMILES string of the molecule is C#CCON=C(C(=O)NC1C(=O)N2C(C(=O)[O-])=C(C[n+]3ccccc3)CS[C@H]12)c1nc(NC=O)sc1Cl. The van der Waals surface area contributed by atoms with Gasteiger partial charge in [-0.1, -0.05) is 40.1 Å². The summed E-state index contributed by atoms with van der Waals surface area (Å²) in [5.74, 6) is -0.469. The molecule has 1 fully saturated rings. The summed E-state index contributed by atoms with van der Waals surface area (Å²) in [5, 5.41) is 20.0. The summed E-state index contributed by atoms with van der Waals surface area (Å²) in [5.41, 5.74) is -0.179. The van der Waals surface area contributed by atoms with Crippen LogP contribution in [0.4, 0.5) is 5.13 Å². The van der Waals surface area contributed by atoms with Gasteiger partial charge in [-0.05, 0) is 0 Å². The van der Waals surface area contributed by atoms with Crippen LogP contribution in [0.25, 0.3) is 0 Å². The van der Waals surface area contributed by atoms with E-state index in [-0.39, 0.29) is 39.7 Å². The number of aliphatic carboxylic acids is 1. The van der Waals surface area contributed by atoms with E-state index in [4.69, 9.17) is 22.9 Å². The molecule has 1 saturated heterocycles. The number of carbonyl (C=O) groups is 4. The number of hydrogen-bond acceptors (Lipinski definition) is 10. The smallest absolute Gasteiger partial charge is 0.276 e. The van der Waals surface area contributed by atoms with Crippen molar-refractivity contribution in [1.29, 1.82) is 0 Å². The Kier molecular flexibility index (Phi) is 8.07. The van der Waals surface area contributed by atoms with Gasteiger partial charge in [-0.3, -0.25) is 19.3 Å².